The summed E-state index contributed by atoms with van der Waals surface area (Å²) in [5, 5.41) is 3.46. The fourth-order valence-electron chi connectivity index (χ4n) is 2.40. The van der Waals surface area contributed by atoms with Crippen LogP contribution in [0.1, 0.15) is 36.2 Å². The Bertz CT molecular complexity index is 464. The monoisotopic (exact) mass is 284 g/mol. The van der Waals surface area contributed by atoms with Gasteiger partial charge in [0, 0.05) is 12.2 Å². The molecule has 6 heteroatoms. The molecule has 1 aromatic rings. The van der Waals surface area contributed by atoms with Gasteiger partial charge in [0.1, 0.15) is 5.69 Å². The first-order valence-corrected chi connectivity index (χ1v) is 6.70. The minimum Gasteiger partial charge on any atom is -0.469 e. The van der Waals surface area contributed by atoms with E-state index in [9.17, 15) is 9.59 Å². The first-order valence-electron chi connectivity index (χ1n) is 6.32. The Hall–Kier alpha value is -1.49. The Morgan fingerprint density at radius 3 is 2.58 bits per heavy atom. The van der Waals surface area contributed by atoms with Crippen LogP contribution < -0.4 is 5.32 Å². The van der Waals surface area contributed by atoms with Crippen LogP contribution in [0.4, 0.5) is 0 Å². The first-order chi connectivity index (χ1) is 9.10. The summed E-state index contributed by atoms with van der Waals surface area (Å²) < 4.78 is 4.73. The number of hydrogen-bond acceptors (Lipinski definition) is 3. The van der Waals surface area contributed by atoms with Crippen molar-refractivity contribution in [2.24, 2.45) is 5.92 Å². The van der Waals surface area contributed by atoms with Gasteiger partial charge in [0.15, 0.2) is 0 Å². The van der Waals surface area contributed by atoms with E-state index < -0.39 is 0 Å². The highest BCUT2D eigenvalue weighted by atomic mass is 35.5. The van der Waals surface area contributed by atoms with Crippen LogP contribution in [-0.2, 0) is 9.53 Å². The maximum absolute atomic E-state index is 11.9. The van der Waals surface area contributed by atoms with Crippen molar-refractivity contribution in [3.63, 3.8) is 0 Å². The van der Waals surface area contributed by atoms with Gasteiger partial charge in [0.2, 0.25) is 0 Å². The highest BCUT2D eigenvalue weighted by Gasteiger charge is 2.27. The molecule has 0 saturated heterocycles. The molecule has 1 fully saturated rings. The lowest BCUT2D eigenvalue weighted by Crippen LogP contribution is -2.39. The number of H-pyrrole nitrogens is 1. The molecule has 1 aliphatic rings. The molecule has 0 unspecified atom stereocenters. The molecule has 1 aromatic heterocycles. The maximum atomic E-state index is 11.9. The first kappa shape index (κ1) is 13.9. The Labute approximate surface area is 116 Å². The van der Waals surface area contributed by atoms with Crippen LogP contribution in [-0.4, -0.2) is 30.0 Å². The number of carbonyl (C=O) groups is 2. The molecule has 19 heavy (non-hydrogen) atoms. The van der Waals surface area contributed by atoms with Crippen molar-refractivity contribution in [3.05, 3.63) is 23.0 Å². The third kappa shape index (κ3) is 3.50. The predicted octanol–water partition coefficient (Wildman–Crippen LogP) is 2.13. The van der Waals surface area contributed by atoms with E-state index in [1.54, 1.807) is 12.3 Å². The van der Waals surface area contributed by atoms with Crippen molar-refractivity contribution in [3.8, 4) is 0 Å². The van der Waals surface area contributed by atoms with E-state index in [0.29, 0.717) is 10.7 Å². The lowest BCUT2D eigenvalue weighted by molar-refractivity contribution is -0.146. The number of halogens is 1. The Morgan fingerprint density at radius 2 is 2.05 bits per heavy atom. The van der Waals surface area contributed by atoms with Crippen LogP contribution in [0.3, 0.4) is 0 Å². The summed E-state index contributed by atoms with van der Waals surface area (Å²) in [6.07, 6.45) is 4.66. The number of aromatic nitrogens is 1. The number of amides is 1. The third-order valence-corrected chi connectivity index (χ3v) is 3.71. The number of rotatable bonds is 3. The Kier molecular flexibility index (Phi) is 4.47. The van der Waals surface area contributed by atoms with Crippen LogP contribution in [0, 0.1) is 5.92 Å². The van der Waals surface area contributed by atoms with Crippen LogP contribution in [0.15, 0.2) is 12.3 Å². The van der Waals surface area contributed by atoms with E-state index >= 15 is 0 Å². The molecule has 0 spiro atoms. The number of hydrogen-bond donors (Lipinski definition) is 2. The van der Waals surface area contributed by atoms with Gasteiger partial charge in [-0.2, -0.15) is 0 Å². The lowest BCUT2D eigenvalue weighted by Gasteiger charge is -2.27. The third-order valence-electron chi connectivity index (χ3n) is 3.49. The minimum absolute atomic E-state index is 0.0296. The summed E-state index contributed by atoms with van der Waals surface area (Å²) in [4.78, 5) is 26.1. The fourth-order valence-corrected chi connectivity index (χ4v) is 2.57. The highest BCUT2D eigenvalue weighted by molar-refractivity contribution is 6.30. The molecule has 2 N–H and O–H groups in total. The van der Waals surface area contributed by atoms with E-state index in [-0.39, 0.29) is 23.8 Å². The molecule has 1 amide bonds. The van der Waals surface area contributed by atoms with Crippen molar-refractivity contribution in [1.82, 2.24) is 10.3 Å². The Balaban J connectivity index is 1.82. The van der Waals surface area contributed by atoms with E-state index in [0.717, 1.165) is 25.7 Å². The zero-order valence-electron chi connectivity index (χ0n) is 10.7. The lowest BCUT2D eigenvalue weighted by atomic mass is 9.86. The zero-order valence-corrected chi connectivity index (χ0v) is 11.5. The van der Waals surface area contributed by atoms with Gasteiger partial charge in [-0.3, -0.25) is 9.59 Å². The second kappa shape index (κ2) is 6.10. The molecule has 5 nitrogen and oxygen atoms in total. The molecular formula is C13H17ClN2O3. The number of ether oxygens (including phenoxy) is 1. The van der Waals surface area contributed by atoms with Gasteiger partial charge >= 0.3 is 5.97 Å². The van der Waals surface area contributed by atoms with Gasteiger partial charge in [-0.05, 0) is 31.7 Å². The van der Waals surface area contributed by atoms with Crippen LogP contribution >= 0.6 is 11.6 Å². The predicted molar refractivity (Wildman–Crippen MR) is 71.0 cm³/mol. The molecule has 104 valence electrons. The minimum atomic E-state index is -0.159. The van der Waals surface area contributed by atoms with Gasteiger partial charge in [0.05, 0.1) is 18.1 Å². The number of aromatic amines is 1. The summed E-state index contributed by atoms with van der Waals surface area (Å²) >= 11 is 5.75. The number of esters is 1. The fraction of sp³-hybridized carbons (Fsp3) is 0.538. The van der Waals surface area contributed by atoms with Crippen LogP contribution in [0.2, 0.25) is 5.02 Å². The second-order valence-electron chi connectivity index (χ2n) is 4.78. The van der Waals surface area contributed by atoms with Crippen LogP contribution in [0.25, 0.3) is 0 Å². The van der Waals surface area contributed by atoms with Gasteiger partial charge in [-0.25, -0.2) is 0 Å². The molecule has 1 saturated carbocycles. The maximum Gasteiger partial charge on any atom is 0.308 e. The average molecular weight is 285 g/mol. The quantitative estimate of drug-likeness (QED) is 0.835. The van der Waals surface area contributed by atoms with E-state index in [4.69, 9.17) is 16.3 Å². The normalized spacial score (nSPS) is 22.8. The van der Waals surface area contributed by atoms with Crippen molar-refractivity contribution in [2.75, 3.05) is 7.11 Å². The van der Waals surface area contributed by atoms with E-state index in [2.05, 4.69) is 10.3 Å². The van der Waals surface area contributed by atoms with Crippen LogP contribution in [0.5, 0.6) is 0 Å². The largest absolute Gasteiger partial charge is 0.469 e. The molecule has 0 bridgehead atoms. The standard InChI is InChI=1S/C13H17ClN2O3/c1-19-13(18)8-2-4-10(5-3-8)16-12(17)11-6-9(14)7-15-11/h6-8,10,15H,2-5H2,1H3,(H,16,17). The summed E-state index contributed by atoms with van der Waals surface area (Å²) in [6.45, 7) is 0. The molecular weight excluding hydrogens is 268 g/mol. The summed E-state index contributed by atoms with van der Waals surface area (Å²) in [5.41, 5.74) is 0.458. The topological polar surface area (TPSA) is 71.2 Å². The highest BCUT2D eigenvalue weighted by Crippen LogP contribution is 2.25. The van der Waals surface area contributed by atoms with E-state index in [1.807, 2.05) is 0 Å². The summed E-state index contributed by atoms with van der Waals surface area (Å²) in [6, 6.07) is 1.70. The SMILES string of the molecule is COC(=O)C1CCC(NC(=O)c2cc(Cl)c[nH]2)CC1. The molecule has 0 aromatic carbocycles. The summed E-state index contributed by atoms with van der Waals surface area (Å²) in [5.74, 6) is -0.340. The number of carbonyl (C=O) groups excluding carboxylic acids is 2. The number of methoxy groups -OCH3 is 1. The van der Waals surface area contributed by atoms with Crippen molar-refractivity contribution < 1.29 is 14.3 Å². The average Bonchev–Trinajstić information content (AvgIpc) is 2.85. The van der Waals surface area contributed by atoms with Gasteiger partial charge in [-0.15, -0.1) is 0 Å². The van der Waals surface area contributed by atoms with Gasteiger partial charge in [-0.1, -0.05) is 11.6 Å². The van der Waals surface area contributed by atoms with Crippen molar-refractivity contribution in [1.29, 1.82) is 0 Å². The van der Waals surface area contributed by atoms with E-state index in [1.165, 1.54) is 7.11 Å². The molecule has 0 aliphatic heterocycles. The van der Waals surface area contributed by atoms with Gasteiger partial charge in [0.25, 0.3) is 5.91 Å². The second-order valence-corrected chi connectivity index (χ2v) is 5.21. The number of nitrogens with one attached hydrogen (secondary N) is 2. The molecule has 2 rings (SSSR count). The van der Waals surface area contributed by atoms with Crippen molar-refractivity contribution in [2.45, 2.75) is 31.7 Å². The van der Waals surface area contributed by atoms with Gasteiger partial charge < -0.3 is 15.0 Å². The molecule has 0 radical (unpaired) electrons. The molecule has 1 heterocycles. The Morgan fingerprint density at radius 1 is 1.37 bits per heavy atom. The smallest absolute Gasteiger partial charge is 0.308 e. The molecule has 1 aliphatic carbocycles. The molecule has 0 atom stereocenters. The summed E-state index contributed by atoms with van der Waals surface area (Å²) in [7, 11) is 1.41. The van der Waals surface area contributed by atoms with Crippen molar-refractivity contribution >= 4 is 23.5 Å². The zero-order chi connectivity index (χ0) is 13.8.